The van der Waals surface area contributed by atoms with E-state index in [9.17, 15) is 9.90 Å². The fourth-order valence-electron chi connectivity index (χ4n) is 2.62. The molecule has 1 aliphatic carbocycles. The second-order valence-corrected chi connectivity index (χ2v) is 5.73. The number of carbonyl (C=O) groups excluding carboxylic acids is 1. The maximum absolute atomic E-state index is 12.6. The van der Waals surface area contributed by atoms with Crippen LogP contribution in [0.5, 0.6) is 0 Å². The van der Waals surface area contributed by atoms with E-state index in [0.29, 0.717) is 18.0 Å². The lowest BCUT2D eigenvalue weighted by atomic mass is 9.82. The van der Waals surface area contributed by atoms with Gasteiger partial charge in [0.15, 0.2) is 0 Å². The molecule has 0 saturated heterocycles. The van der Waals surface area contributed by atoms with Gasteiger partial charge in [-0.2, -0.15) is 0 Å². The number of hydrogen-bond acceptors (Lipinski definition) is 3. The Labute approximate surface area is 125 Å². The molecular formula is C17H22N2O2. The van der Waals surface area contributed by atoms with E-state index in [-0.39, 0.29) is 18.6 Å². The zero-order valence-electron chi connectivity index (χ0n) is 12.6. The first-order valence-electron chi connectivity index (χ1n) is 7.24. The Balaban J connectivity index is 2.15. The van der Waals surface area contributed by atoms with Crippen LogP contribution in [0.4, 0.5) is 0 Å². The maximum Gasteiger partial charge on any atom is 0.254 e. The van der Waals surface area contributed by atoms with Gasteiger partial charge >= 0.3 is 0 Å². The van der Waals surface area contributed by atoms with Crippen molar-refractivity contribution in [3.05, 3.63) is 34.9 Å². The lowest BCUT2D eigenvalue weighted by Gasteiger charge is -2.34. The van der Waals surface area contributed by atoms with Crippen LogP contribution in [0.3, 0.4) is 0 Å². The minimum Gasteiger partial charge on any atom is -0.393 e. The van der Waals surface area contributed by atoms with Crippen molar-refractivity contribution in [2.45, 2.75) is 25.9 Å². The lowest BCUT2D eigenvalue weighted by molar-refractivity contribution is 0.0265. The fraction of sp³-hybridized carbons (Fsp3) is 0.471. The Hall–Kier alpha value is -1.83. The van der Waals surface area contributed by atoms with Crippen molar-refractivity contribution in [1.82, 2.24) is 4.90 Å². The van der Waals surface area contributed by atoms with Crippen molar-refractivity contribution < 1.29 is 9.90 Å². The van der Waals surface area contributed by atoms with Crippen LogP contribution in [0, 0.1) is 24.7 Å². The molecule has 1 aliphatic rings. The van der Waals surface area contributed by atoms with Gasteiger partial charge in [0, 0.05) is 19.2 Å². The van der Waals surface area contributed by atoms with Crippen molar-refractivity contribution in [3.63, 3.8) is 0 Å². The minimum atomic E-state index is -0.191. The molecule has 1 fully saturated rings. The second kappa shape index (κ2) is 6.75. The molecular weight excluding hydrogens is 264 g/mol. The second-order valence-electron chi connectivity index (χ2n) is 5.73. The number of benzene rings is 1. The zero-order chi connectivity index (χ0) is 15.4. The average Bonchev–Trinajstić information content (AvgIpc) is 2.43. The van der Waals surface area contributed by atoms with Crippen molar-refractivity contribution in [1.29, 1.82) is 0 Å². The molecule has 21 heavy (non-hydrogen) atoms. The highest BCUT2D eigenvalue weighted by molar-refractivity contribution is 5.96. The van der Waals surface area contributed by atoms with Gasteiger partial charge in [0.2, 0.25) is 0 Å². The number of amides is 1. The van der Waals surface area contributed by atoms with E-state index in [4.69, 9.17) is 5.73 Å². The Morgan fingerprint density at radius 1 is 1.48 bits per heavy atom. The molecule has 1 aromatic carbocycles. The normalized spacial score (nSPS) is 20.2. The van der Waals surface area contributed by atoms with Gasteiger partial charge < -0.3 is 15.7 Å². The molecule has 0 aliphatic heterocycles. The molecule has 112 valence electrons. The molecule has 2 rings (SSSR count). The average molecular weight is 286 g/mol. The number of hydrogen-bond donors (Lipinski definition) is 2. The number of carbonyl (C=O) groups is 1. The topological polar surface area (TPSA) is 66.6 Å². The number of rotatable bonds is 3. The highest BCUT2D eigenvalue weighted by atomic mass is 16.3. The van der Waals surface area contributed by atoms with E-state index in [2.05, 4.69) is 11.8 Å². The van der Waals surface area contributed by atoms with Crippen LogP contribution in [0.1, 0.15) is 34.3 Å². The molecule has 4 heteroatoms. The summed E-state index contributed by atoms with van der Waals surface area (Å²) in [6.07, 6.45) is 1.37. The monoisotopic (exact) mass is 286 g/mol. The zero-order valence-corrected chi connectivity index (χ0v) is 12.6. The van der Waals surface area contributed by atoms with Crippen molar-refractivity contribution in [3.8, 4) is 11.8 Å². The van der Waals surface area contributed by atoms with Crippen LogP contribution in [0.15, 0.2) is 18.2 Å². The Bertz CT molecular complexity index is 580. The smallest absolute Gasteiger partial charge is 0.254 e. The van der Waals surface area contributed by atoms with Gasteiger partial charge in [-0.25, -0.2) is 0 Å². The van der Waals surface area contributed by atoms with Gasteiger partial charge in [-0.1, -0.05) is 23.5 Å². The third-order valence-corrected chi connectivity index (χ3v) is 3.82. The van der Waals surface area contributed by atoms with Crippen LogP contribution in [0.2, 0.25) is 0 Å². The molecule has 0 unspecified atom stereocenters. The summed E-state index contributed by atoms with van der Waals surface area (Å²) in [7, 11) is 1.80. The largest absolute Gasteiger partial charge is 0.393 e. The highest BCUT2D eigenvalue weighted by Gasteiger charge is 2.29. The minimum absolute atomic E-state index is 0.0265. The van der Waals surface area contributed by atoms with Crippen LogP contribution in [-0.2, 0) is 0 Å². The maximum atomic E-state index is 12.6. The number of aliphatic hydroxyl groups excluding tert-OH is 1. The number of nitrogens with two attached hydrogens (primary N) is 1. The third kappa shape index (κ3) is 3.84. The molecule has 4 nitrogen and oxygen atoms in total. The molecule has 3 N–H and O–H groups in total. The molecule has 0 atom stereocenters. The Kier molecular flexibility index (Phi) is 5.00. The van der Waals surface area contributed by atoms with Crippen LogP contribution in [0.25, 0.3) is 0 Å². The van der Waals surface area contributed by atoms with E-state index < -0.39 is 0 Å². The molecule has 1 saturated carbocycles. The number of aryl methyl sites for hydroxylation is 1. The molecule has 0 spiro atoms. The van der Waals surface area contributed by atoms with Crippen molar-refractivity contribution >= 4 is 5.91 Å². The molecule has 0 aromatic heterocycles. The quantitative estimate of drug-likeness (QED) is 0.819. The summed E-state index contributed by atoms with van der Waals surface area (Å²) in [6, 6.07) is 5.68. The van der Waals surface area contributed by atoms with E-state index >= 15 is 0 Å². The summed E-state index contributed by atoms with van der Waals surface area (Å²) in [5.74, 6) is 6.14. The van der Waals surface area contributed by atoms with E-state index in [0.717, 1.165) is 24.0 Å². The molecule has 1 amide bonds. The first kappa shape index (κ1) is 15.6. The summed E-state index contributed by atoms with van der Waals surface area (Å²) >= 11 is 0. The lowest BCUT2D eigenvalue weighted by Crippen LogP contribution is -2.39. The molecule has 0 bridgehead atoms. The van der Waals surface area contributed by atoms with Crippen LogP contribution >= 0.6 is 0 Å². The highest BCUT2D eigenvalue weighted by Crippen LogP contribution is 2.28. The standard InChI is InChI=1S/C17H22N2O2/c1-12-5-6-14(4-3-7-18)16(8-12)17(21)19(2)11-13-9-15(20)10-13/h5-6,8,13,15,20H,7,9-11,18H2,1-2H3. The van der Waals surface area contributed by atoms with Gasteiger partial charge in [0.1, 0.15) is 0 Å². The molecule has 1 aromatic rings. The van der Waals surface area contributed by atoms with Gasteiger partial charge in [0.05, 0.1) is 18.2 Å². The van der Waals surface area contributed by atoms with Gasteiger partial charge in [-0.15, -0.1) is 0 Å². The van der Waals surface area contributed by atoms with Crippen molar-refractivity contribution in [2.24, 2.45) is 11.7 Å². The van der Waals surface area contributed by atoms with E-state index in [1.807, 2.05) is 25.1 Å². The van der Waals surface area contributed by atoms with E-state index in [1.165, 1.54) is 0 Å². The summed E-state index contributed by atoms with van der Waals surface area (Å²) in [5, 5.41) is 9.33. The summed E-state index contributed by atoms with van der Waals surface area (Å²) in [5.41, 5.74) is 7.78. The first-order valence-corrected chi connectivity index (χ1v) is 7.24. The first-order chi connectivity index (χ1) is 10.0. The number of aliphatic hydroxyl groups is 1. The molecule has 0 heterocycles. The Morgan fingerprint density at radius 2 is 2.19 bits per heavy atom. The molecule has 0 radical (unpaired) electrons. The SMILES string of the molecule is Cc1ccc(C#CCN)c(C(=O)N(C)CC2CC(O)C2)c1. The third-order valence-electron chi connectivity index (χ3n) is 3.82. The van der Waals surface area contributed by atoms with Gasteiger partial charge in [-0.05, 0) is 37.8 Å². The van der Waals surface area contributed by atoms with Gasteiger partial charge in [0.25, 0.3) is 5.91 Å². The van der Waals surface area contributed by atoms with E-state index in [1.54, 1.807) is 11.9 Å². The predicted molar refractivity (Wildman–Crippen MR) is 82.8 cm³/mol. The van der Waals surface area contributed by atoms with Gasteiger partial charge in [-0.3, -0.25) is 4.79 Å². The van der Waals surface area contributed by atoms with Crippen LogP contribution in [-0.4, -0.2) is 42.2 Å². The summed E-state index contributed by atoms with van der Waals surface area (Å²) < 4.78 is 0. The summed E-state index contributed by atoms with van der Waals surface area (Å²) in [4.78, 5) is 14.3. The van der Waals surface area contributed by atoms with Crippen molar-refractivity contribution in [2.75, 3.05) is 20.1 Å². The number of nitrogens with zero attached hydrogens (tertiary/aromatic N) is 1. The predicted octanol–water partition coefficient (Wildman–Crippen LogP) is 1.15. The fourth-order valence-corrected chi connectivity index (χ4v) is 2.62. The summed E-state index contributed by atoms with van der Waals surface area (Å²) in [6.45, 7) is 2.91. The Morgan fingerprint density at radius 3 is 2.81 bits per heavy atom. The van der Waals surface area contributed by atoms with Crippen LogP contribution < -0.4 is 5.73 Å².